The Labute approximate surface area is 170 Å². The third kappa shape index (κ3) is 4.68. The van der Waals surface area contributed by atoms with E-state index >= 15 is 0 Å². The Balaban J connectivity index is 1.75. The fourth-order valence-electron chi connectivity index (χ4n) is 3.67. The van der Waals surface area contributed by atoms with Crippen molar-refractivity contribution in [1.29, 1.82) is 0 Å². The molecule has 0 aromatic heterocycles. The molecule has 0 bridgehead atoms. The van der Waals surface area contributed by atoms with Crippen molar-refractivity contribution in [2.24, 2.45) is 11.7 Å². The van der Waals surface area contributed by atoms with Gasteiger partial charge in [-0.25, -0.2) is 0 Å². The summed E-state index contributed by atoms with van der Waals surface area (Å²) in [4.78, 5) is 26.3. The molecule has 2 amide bonds. The Morgan fingerprint density at radius 2 is 1.90 bits per heavy atom. The van der Waals surface area contributed by atoms with Crippen molar-refractivity contribution in [2.45, 2.75) is 5.92 Å². The molecule has 1 fully saturated rings. The van der Waals surface area contributed by atoms with Crippen molar-refractivity contribution >= 4 is 11.8 Å². The lowest BCUT2D eigenvalue weighted by Gasteiger charge is -2.18. The number of nitrogens with two attached hydrogens (primary N) is 1. The highest BCUT2D eigenvalue weighted by atomic mass is 16.5. The van der Waals surface area contributed by atoms with Crippen molar-refractivity contribution in [3.05, 3.63) is 59.7 Å². The lowest BCUT2D eigenvalue weighted by molar-refractivity contribution is -0.122. The molecule has 1 saturated heterocycles. The molecule has 0 aliphatic carbocycles. The van der Waals surface area contributed by atoms with E-state index in [1.165, 1.54) is 19.7 Å². The molecule has 0 radical (unpaired) electrons. The maximum Gasteiger partial charge on any atom is 0.257 e. The van der Waals surface area contributed by atoms with Crippen LogP contribution in [0.4, 0.5) is 0 Å². The summed E-state index contributed by atoms with van der Waals surface area (Å²) >= 11 is 0. The molecule has 3 N–H and O–H groups in total. The summed E-state index contributed by atoms with van der Waals surface area (Å²) in [5.41, 5.74) is 7.71. The quantitative estimate of drug-likeness (QED) is 0.741. The van der Waals surface area contributed by atoms with Gasteiger partial charge in [-0.1, -0.05) is 30.3 Å². The van der Waals surface area contributed by atoms with Crippen molar-refractivity contribution in [1.82, 2.24) is 10.2 Å². The van der Waals surface area contributed by atoms with Crippen molar-refractivity contribution in [3.8, 4) is 11.5 Å². The van der Waals surface area contributed by atoms with Gasteiger partial charge in [0.1, 0.15) is 0 Å². The first-order valence-electron chi connectivity index (χ1n) is 9.63. The van der Waals surface area contributed by atoms with Gasteiger partial charge in [-0.05, 0) is 36.2 Å². The van der Waals surface area contributed by atoms with E-state index < -0.39 is 0 Å². The lowest BCUT2D eigenvalue weighted by Crippen LogP contribution is -2.30. The van der Waals surface area contributed by atoms with E-state index in [0.29, 0.717) is 36.7 Å². The SMILES string of the molecule is CNC(=O)COc1ccc(C(=O)N2C[C@@H](CN)[C@H](c3ccccc3)C2)cc1OC. The van der Waals surface area contributed by atoms with E-state index in [9.17, 15) is 9.59 Å². The van der Waals surface area contributed by atoms with Crippen LogP contribution in [0.15, 0.2) is 48.5 Å². The minimum absolute atomic E-state index is 0.0713. The van der Waals surface area contributed by atoms with Crippen molar-refractivity contribution in [3.63, 3.8) is 0 Å². The van der Waals surface area contributed by atoms with Crippen LogP contribution < -0.4 is 20.5 Å². The Hall–Kier alpha value is -3.06. The molecule has 0 saturated carbocycles. The number of carbonyl (C=O) groups is 2. The first-order valence-corrected chi connectivity index (χ1v) is 9.63. The highest BCUT2D eigenvalue weighted by molar-refractivity contribution is 5.95. The average molecular weight is 397 g/mol. The first kappa shape index (κ1) is 20.7. The Morgan fingerprint density at radius 3 is 2.55 bits per heavy atom. The van der Waals surface area contributed by atoms with Crippen LogP contribution in [0.25, 0.3) is 0 Å². The molecule has 1 aliphatic heterocycles. The summed E-state index contributed by atoms with van der Waals surface area (Å²) in [5, 5.41) is 2.49. The molecule has 154 valence electrons. The number of benzene rings is 2. The summed E-state index contributed by atoms with van der Waals surface area (Å²) in [7, 11) is 3.04. The molecule has 0 unspecified atom stereocenters. The Morgan fingerprint density at radius 1 is 1.14 bits per heavy atom. The first-order chi connectivity index (χ1) is 14.1. The third-order valence-electron chi connectivity index (χ3n) is 5.31. The number of nitrogens with zero attached hydrogens (tertiary/aromatic N) is 1. The van der Waals surface area contributed by atoms with Gasteiger partial charge in [0.2, 0.25) is 0 Å². The molecule has 2 aromatic carbocycles. The summed E-state index contributed by atoms with van der Waals surface area (Å²) < 4.78 is 10.8. The smallest absolute Gasteiger partial charge is 0.257 e. The number of hydrogen-bond donors (Lipinski definition) is 2. The number of likely N-dealkylation sites (tertiary alicyclic amines) is 1. The summed E-state index contributed by atoms with van der Waals surface area (Å²) in [5.74, 6) is 0.952. The van der Waals surface area contributed by atoms with Gasteiger partial charge in [0.25, 0.3) is 11.8 Å². The van der Waals surface area contributed by atoms with Crippen LogP contribution in [0.1, 0.15) is 21.8 Å². The zero-order valence-corrected chi connectivity index (χ0v) is 16.8. The van der Waals surface area contributed by atoms with Gasteiger partial charge in [-0.3, -0.25) is 9.59 Å². The molecule has 0 spiro atoms. The highest BCUT2D eigenvalue weighted by Crippen LogP contribution is 2.34. The largest absolute Gasteiger partial charge is 0.493 e. The molecule has 1 heterocycles. The molecule has 2 aromatic rings. The molecule has 3 rings (SSSR count). The normalized spacial score (nSPS) is 18.4. The maximum absolute atomic E-state index is 13.1. The molecule has 7 heteroatoms. The second-order valence-corrected chi connectivity index (χ2v) is 7.05. The number of hydrogen-bond acceptors (Lipinski definition) is 5. The third-order valence-corrected chi connectivity index (χ3v) is 5.31. The van der Waals surface area contributed by atoms with Crippen LogP contribution >= 0.6 is 0 Å². The van der Waals surface area contributed by atoms with Gasteiger partial charge >= 0.3 is 0 Å². The molecular weight excluding hydrogens is 370 g/mol. The number of ether oxygens (including phenoxy) is 2. The number of nitrogens with one attached hydrogen (secondary N) is 1. The fourth-order valence-corrected chi connectivity index (χ4v) is 3.67. The van der Waals surface area contributed by atoms with E-state index in [4.69, 9.17) is 15.2 Å². The van der Waals surface area contributed by atoms with E-state index in [1.54, 1.807) is 18.2 Å². The van der Waals surface area contributed by atoms with Crippen LogP contribution in [0, 0.1) is 5.92 Å². The number of likely N-dealkylation sites (N-methyl/N-ethyl adjacent to an activating group) is 1. The predicted molar refractivity (Wildman–Crippen MR) is 110 cm³/mol. The van der Waals surface area contributed by atoms with E-state index in [-0.39, 0.29) is 30.3 Å². The zero-order chi connectivity index (χ0) is 20.8. The second kappa shape index (κ2) is 9.43. The van der Waals surface area contributed by atoms with E-state index in [0.717, 1.165) is 0 Å². The molecule has 7 nitrogen and oxygen atoms in total. The second-order valence-electron chi connectivity index (χ2n) is 7.05. The zero-order valence-electron chi connectivity index (χ0n) is 16.8. The summed E-state index contributed by atoms with van der Waals surface area (Å²) in [6.45, 7) is 1.65. The number of methoxy groups -OCH3 is 1. The van der Waals surface area contributed by atoms with Crippen LogP contribution in [0.3, 0.4) is 0 Å². The predicted octanol–water partition coefficient (Wildman–Crippen LogP) is 1.63. The molecule has 2 atom stereocenters. The van der Waals surface area contributed by atoms with E-state index in [2.05, 4.69) is 17.4 Å². The monoisotopic (exact) mass is 397 g/mol. The standard InChI is InChI=1S/C22H27N3O4/c1-24-21(26)14-29-19-9-8-16(10-20(19)28-2)22(27)25-12-17(11-23)18(13-25)15-6-4-3-5-7-15/h3-10,17-18H,11-14,23H2,1-2H3,(H,24,26)/t17-,18+/m1/s1. The van der Waals surface area contributed by atoms with Crippen LogP contribution in [0.5, 0.6) is 11.5 Å². The molecule has 1 aliphatic rings. The van der Waals surface area contributed by atoms with Crippen molar-refractivity contribution < 1.29 is 19.1 Å². The highest BCUT2D eigenvalue weighted by Gasteiger charge is 2.35. The fraction of sp³-hybridized carbons (Fsp3) is 0.364. The van der Waals surface area contributed by atoms with Crippen LogP contribution in [-0.4, -0.2) is 57.1 Å². The van der Waals surface area contributed by atoms with Crippen LogP contribution in [-0.2, 0) is 4.79 Å². The van der Waals surface area contributed by atoms with E-state index in [1.807, 2.05) is 23.1 Å². The Bertz CT molecular complexity index is 856. The minimum atomic E-state index is -0.246. The summed E-state index contributed by atoms with van der Waals surface area (Å²) in [6.07, 6.45) is 0. The van der Waals surface area contributed by atoms with Gasteiger partial charge in [-0.15, -0.1) is 0 Å². The van der Waals surface area contributed by atoms with Gasteiger partial charge in [0.05, 0.1) is 7.11 Å². The Kier molecular flexibility index (Phi) is 6.72. The van der Waals surface area contributed by atoms with Gasteiger partial charge < -0.3 is 25.4 Å². The summed E-state index contributed by atoms with van der Waals surface area (Å²) in [6, 6.07) is 15.2. The van der Waals surface area contributed by atoms with Crippen LogP contribution in [0.2, 0.25) is 0 Å². The van der Waals surface area contributed by atoms with Gasteiger partial charge in [0.15, 0.2) is 18.1 Å². The average Bonchev–Trinajstić information content (AvgIpc) is 3.21. The van der Waals surface area contributed by atoms with Gasteiger partial charge in [-0.2, -0.15) is 0 Å². The lowest BCUT2D eigenvalue weighted by atomic mass is 9.89. The number of rotatable bonds is 7. The molecular formula is C22H27N3O4. The molecule has 29 heavy (non-hydrogen) atoms. The van der Waals surface area contributed by atoms with Gasteiger partial charge in [0, 0.05) is 31.6 Å². The maximum atomic E-state index is 13.1. The number of amides is 2. The topological polar surface area (TPSA) is 93.9 Å². The minimum Gasteiger partial charge on any atom is -0.493 e. The number of carbonyl (C=O) groups excluding carboxylic acids is 2. The van der Waals surface area contributed by atoms with Crippen molar-refractivity contribution in [2.75, 3.05) is 40.4 Å².